The lowest BCUT2D eigenvalue weighted by Crippen LogP contribution is -2.58. The lowest BCUT2D eigenvalue weighted by molar-refractivity contribution is -0.176. The second-order valence-corrected chi connectivity index (χ2v) is 6.71. The van der Waals surface area contributed by atoms with Gasteiger partial charge in [-0.2, -0.15) is 13.2 Å². The van der Waals surface area contributed by atoms with E-state index >= 15 is 0 Å². The lowest BCUT2D eigenvalue weighted by Gasteiger charge is -2.34. The molecule has 3 atom stereocenters. The zero-order chi connectivity index (χ0) is 18.9. The van der Waals surface area contributed by atoms with Gasteiger partial charge < -0.3 is 20.1 Å². The van der Waals surface area contributed by atoms with Crippen LogP contribution in [0.3, 0.4) is 0 Å². The smallest absolute Gasteiger partial charge is 0.471 e. The molecule has 1 saturated heterocycles. The van der Waals surface area contributed by atoms with Gasteiger partial charge in [0.1, 0.15) is 12.1 Å². The molecule has 24 heavy (non-hydrogen) atoms. The number of rotatable bonds is 4. The molecule has 1 aliphatic rings. The number of hydrogen-bond acceptors (Lipinski definition) is 4. The van der Waals surface area contributed by atoms with Crippen molar-refractivity contribution in [1.82, 2.24) is 10.2 Å². The van der Waals surface area contributed by atoms with Crippen molar-refractivity contribution in [2.45, 2.75) is 51.6 Å². The van der Waals surface area contributed by atoms with E-state index in [0.717, 1.165) is 4.90 Å². The van der Waals surface area contributed by atoms with Crippen molar-refractivity contribution in [3.63, 3.8) is 0 Å². The first-order chi connectivity index (χ1) is 10.8. The van der Waals surface area contributed by atoms with Gasteiger partial charge >= 0.3 is 18.1 Å². The summed E-state index contributed by atoms with van der Waals surface area (Å²) in [7, 11) is 1.35. The predicted molar refractivity (Wildman–Crippen MR) is 76.0 cm³/mol. The van der Waals surface area contributed by atoms with Crippen LogP contribution in [0.1, 0.15) is 27.2 Å². The van der Waals surface area contributed by atoms with Crippen LogP contribution in [-0.4, -0.2) is 65.8 Å². The highest BCUT2D eigenvalue weighted by Gasteiger charge is 2.48. The zero-order valence-corrected chi connectivity index (χ0v) is 13.8. The van der Waals surface area contributed by atoms with Gasteiger partial charge in [0.2, 0.25) is 5.91 Å². The molecule has 7 nitrogen and oxygen atoms in total. The summed E-state index contributed by atoms with van der Waals surface area (Å²) >= 11 is 0. The van der Waals surface area contributed by atoms with E-state index in [1.165, 1.54) is 27.9 Å². The number of nitrogens with zero attached hydrogens (tertiary/aromatic N) is 1. The quantitative estimate of drug-likeness (QED) is 0.778. The Balaban J connectivity index is 3.08. The van der Waals surface area contributed by atoms with Gasteiger partial charge in [0.15, 0.2) is 0 Å². The molecule has 2 N–H and O–H groups in total. The maximum atomic E-state index is 12.7. The first-order valence-electron chi connectivity index (χ1n) is 7.22. The van der Waals surface area contributed by atoms with Crippen molar-refractivity contribution in [1.29, 1.82) is 0 Å². The summed E-state index contributed by atoms with van der Waals surface area (Å²) in [6.45, 7) is 4.37. The maximum absolute atomic E-state index is 12.7. The second kappa shape index (κ2) is 6.96. The number of carboxylic acid groups (broad SMARTS) is 1. The molecule has 0 aromatic heterocycles. The van der Waals surface area contributed by atoms with Crippen LogP contribution in [0.15, 0.2) is 0 Å². The number of halogens is 3. The summed E-state index contributed by atoms with van der Waals surface area (Å²) in [6.07, 6.45) is -5.65. The maximum Gasteiger partial charge on any atom is 0.471 e. The minimum absolute atomic E-state index is 0.0294. The molecule has 0 spiro atoms. The molecule has 0 saturated carbocycles. The van der Waals surface area contributed by atoms with Gasteiger partial charge in [0.25, 0.3) is 0 Å². The van der Waals surface area contributed by atoms with Crippen molar-refractivity contribution < 1.29 is 37.4 Å². The third-order valence-electron chi connectivity index (χ3n) is 3.81. The van der Waals surface area contributed by atoms with Gasteiger partial charge in [-0.25, -0.2) is 4.79 Å². The SMILES string of the molecule is CO[C@H]1C[C@@H](C(=O)O)N(C(=O)C(NC(=O)C(F)(F)F)C(C)(C)C)C1. The Morgan fingerprint density at radius 1 is 1.25 bits per heavy atom. The van der Waals surface area contributed by atoms with E-state index in [1.54, 1.807) is 5.32 Å². The summed E-state index contributed by atoms with van der Waals surface area (Å²) in [5.41, 5.74) is -1.05. The Hall–Kier alpha value is -1.84. The number of carboxylic acids is 1. The molecule has 10 heteroatoms. The highest BCUT2D eigenvalue weighted by molar-refractivity contribution is 5.92. The third kappa shape index (κ3) is 4.59. The molecule has 0 aromatic carbocycles. The summed E-state index contributed by atoms with van der Waals surface area (Å²) in [5.74, 6) is -4.41. The molecule has 1 heterocycles. The molecule has 0 bridgehead atoms. The van der Waals surface area contributed by atoms with E-state index in [4.69, 9.17) is 4.74 Å². The van der Waals surface area contributed by atoms with E-state index in [9.17, 15) is 32.7 Å². The van der Waals surface area contributed by atoms with Gasteiger partial charge in [-0.05, 0) is 5.41 Å². The van der Waals surface area contributed by atoms with Crippen LogP contribution in [0.2, 0.25) is 0 Å². The normalized spacial score (nSPS) is 23.0. The molecule has 0 aliphatic carbocycles. The number of likely N-dealkylation sites (tertiary alicyclic amines) is 1. The van der Waals surface area contributed by atoms with Gasteiger partial charge in [-0.1, -0.05) is 20.8 Å². The van der Waals surface area contributed by atoms with Crippen LogP contribution in [0.5, 0.6) is 0 Å². The average molecular weight is 354 g/mol. The minimum Gasteiger partial charge on any atom is -0.480 e. The fourth-order valence-electron chi connectivity index (χ4n) is 2.47. The molecule has 0 aromatic rings. The van der Waals surface area contributed by atoms with Crippen LogP contribution in [0.4, 0.5) is 13.2 Å². The molecule has 1 rings (SSSR count). The van der Waals surface area contributed by atoms with Crippen molar-refractivity contribution in [3.8, 4) is 0 Å². The molecule has 1 unspecified atom stereocenters. The molecule has 1 fully saturated rings. The summed E-state index contributed by atoms with van der Waals surface area (Å²) < 4.78 is 42.6. The van der Waals surface area contributed by atoms with Crippen LogP contribution in [0, 0.1) is 5.41 Å². The number of methoxy groups -OCH3 is 1. The van der Waals surface area contributed by atoms with E-state index in [-0.39, 0.29) is 13.0 Å². The van der Waals surface area contributed by atoms with Crippen LogP contribution in [-0.2, 0) is 19.1 Å². The van der Waals surface area contributed by atoms with Gasteiger partial charge in [-0.3, -0.25) is 9.59 Å². The van der Waals surface area contributed by atoms with Crippen LogP contribution in [0.25, 0.3) is 0 Å². The topological polar surface area (TPSA) is 95.9 Å². The highest BCUT2D eigenvalue weighted by atomic mass is 19.4. The number of carbonyl (C=O) groups is 3. The number of ether oxygens (including phenoxy) is 1. The van der Waals surface area contributed by atoms with Gasteiger partial charge in [0.05, 0.1) is 6.10 Å². The predicted octanol–water partition coefficient (Wildman–Crippen LogP) is 0.780. The fraction of sp³-hybridized carbons (Fsp3) is 0.786. The van der Waals surface area contributed by atoms with Crippen LogP contribution >= 0.6 is 0 Å². The summed E-state index contributed by atoms with van der Waals surface area (Å²) in [6, 6.07) is -2.74. The molecule has 138 valence electrons. The molecular formula is C14H21F3N2O5. The first-order valence-corrected chi connectivity index (χ1v) is 7.22. The van der Waals surface area contributed by atoms with Gasteiger partial charge in [0, 0.05) is 20.1 Å². The summed E-state index contributed by atoms with van der Waals surface area (Å²) in [4.78, 5) is 36.1. The van der Waals surface area contributed by atoms with E-state index in [1.807, 2.05) is 0 Å². The Morgan fingerprint density at radius 3 is 2.17 bits per heavy atom. The third-order valence-corrected chi connectivity index (χ3v) is 3.81. The number of nitrogens with one attached hydrogen (secondary N) is 1. The number of amides is 2. The van der Waals surface area contributed by atoms with Crippen LogP contribution < -0.4 is 5.32 Å². The molecule has 1 aliphatic heterocycles. The number of alkyl halides is 3. The highest BCUT2D eigenvalue weighted by Crippen LogP contribution is 2.28. The lowest BCUT2D eigenvalue weighted by atomic mass is 9.85. The van der Waals surface area contributed by atoms with Crippen molar-refractivity contribution in [2.75, 3.05) is 13.7 Å². The van der Waals surface area contributed by atoms with Crippen molar-refractivity contribution in [3.05, 3.63) is 0 Å². The monoisotopic (exact) mass is 354 g/mol. The number of aliphatic carboxylic acids is 1. The Labute approximate surface area is 137 Å². The number of carbonyl (C=O) groups excluding carboxylic acids is 2. The Morgan fingerprint density at radius 2 is 1.79 bits per heavy atom. The Kier molecular flexibility index (Phi) is 5.86. The average Bonchev–Trinajstić information content (AvgIpc) is 2.85. The summed E-state index contributed by atoms with van der Waals surface area (Å²) in [5, 5.41) is 10.9. The van der Waals surface area contributed by atoms with E-state index in [0.29, 0.717) is 0 Å². The molecule has 0 radical (unpaired) electrons. The Bertz CT molecular complexity index is 516. The van der Waals surface area contributed by atoms with Crippen molar-refractivity contribution in [2.24, 2.45) is 5.41 Å². The van der Waals surface area contributed by atoms with Gasteiger partial charge in [-0.15, -0.1) is 0 Å². The largest absolute Gasteiger partial charge is 0.480 e. The van der Waals surface area contributed by atoms with Crippen molar-refractivity contribution >= 4 is 17.8 Å². The number of hydrogen-bond donors (Lipinski definition) is 2. The fourth-order valence-corrected chi connectivity index (χ4v) is 2.47. The standard InChI is InChI=1S/C14H21F3N2O5/c1-13(2,3)9(18-12(23)14(15,16)17)10(20)19-6-7(24-4)5-8(19)11(21)22/h7-9H,5-6H2,1-4H3,(H,18,23)(H,21,22)/t7-,8-,9?/m0/s1. The molecule has 2 amide bonds. The van der Waals surface area contributed by atoms with E-state index < -0.39 is 47.6 Å². The minimum atomic E-state index is -5.14. The molecular weight excluding hydrogens is 333 g/mol. The first kappa shape index (κ1) is 20.2. The zero-order valence-electron chi connectivity index (χ0n) is 13.8. The second-order valence-electron chi connectivity index (χ2n) is 6.71. The van der Waals surface area contributed by atoms with E-state index in [2.05, 4.69) is 0 Å².